The van der Waals surface area contributed by atoms with Crippen LogP contribution in [0.5, 0.6) is 0 Å². The van der Waals surface area contributed by atoms with E-state index in [2.05, 4.69) is 15.5 Å². The van der Waals surface area contributed by atoms with Gasteiger partial charge < -0.3 is 14.7 Å². The zero-order valence-corrected chi connectivity index (χ0v) is 14.8. The van der Waals surface area contributed by atoms with E-state index in [4.69, 9.17) is 4.52 Å². The summed E-state index contributed by atoms with van der Waals surface area (Å²) in [5.74, 6) is 0.186. The molecule has 0 spiro atoms. The van der Waals surface area contributed by atoms with E-state index < -0.39 is 5.92 Å². The standard InChI is InChI=1S/C20H18N4O3/c1-13-21-20(27-23-13)16-9-5-6-10-17(16)22-19(26)14-11-18(25)24(12-14)15-7-3-2-4-8-15/h2-10,14H,11-12H2,1H3,(H,22,26)/t14-/m0/s1. The summed E-state index contributed by atoms with van der Waals surface area (Å²) in [6.07, 6.45) is 0.183. The van der Waals surface area contributed by atoms with E-state index in [0.29, 0.717) is 29.5 Å². The van der Waals surface area contributed by atoms with Crippen LogP contribution in [0.1, 0.15) is 12.2 Å². The maximum absolute atomic E-state index is 12.8. The van der Waals surface area contributed by atoms with Gasteiger partial charge in [-0.05, 0) is 31.2 Å². The van der Waals surface area contributed by atoms with Gasteiger partial charge in [-0.2, -0.15) is 4.98 Å². The van der Waals surface area contributed by atoms with Crippen molar-refractivity contribution in [1.29, 1.82) is 0 Å². The molecule has 0 radical (unpaired) electrons. The fourth-order valence-corrected chi connectivity index (χ4v) is 3.16. The van der Waals surface area contributed by atoms with E-state index in [0.717, 1.165) is 5.69 Å². The molecule has 1 fully saturated rings. The highest BCUT2D eigenvalue weighted by Crippen LogP contribution is 2.29. The molecule has 0 aliphatic carbocycles. The molecule has 2 aromatic carbocycles. The molecule has 1 saturated heterocycles. The number of aromatic nitrogens is 2. The van der Waals surface area contributed by atoms with Gasteiger partial charge in [0.2, 0.25) is 11.8 Å². The molecule has 2 amide bonds. The Balaban J connectivity index is 1.52. The smallest absolute Gasteiger partial charge is 0.260 e. The Morgan fingerprint density at radius 3 is 2.63 bits per heavy atom. The number of carbonyl (C=O) groups excluding carboxylic acids is 2. The normalized spacial score (nSPS) is 16.6. The number of hydrogen-bond donors (Lipinski definition) is 1. The van der Waals surface area contributed by atoms with Crippen molar-refractivity contribution in [3.63, 3.8) is 0 Å². The first kappa shape index (κ1) is 17.0. The number of para-hydroxylation sites is 2. The zero-order valence-electron chi connectivity index (χ0n) is 14.8. The predicted octanol–water partition coefficient (Wildman–Crippen LogP) is 3.04. The molecule has 7 nitrogen and oxygen atoms in total. The molecule has 0 unspecified atom stereocenters. The summed E-state index contributed by atoms with van der Waals surface area (Å²) in [4.78, 5) is 31.0. The summed E-state index contributed by atoms with van der Waals surface area (Å²) in [5.41, 5.74) is 2.03. The molecule has 3 aromatic rings. The Kier molecular flexibility index (Phi) is 4.42. The molecule has 1 atom stereocenters. The maximum Gasteiger partial charge on any atom is 0.260 e. The van der Waals surface area contributed by atoms with E-state index in [1.165, 1.54) is 0 Å². The van der Waals surface area contributed by atoms with E-state index >= 15 is 0 Å². The van der Waals surface area contributed by atoms with Gasteiger partial charge >= 0.3 is 0 Å². The van der Waals surface area contributed by atoms with E-state index in [-0.39, 0.29) is 18.2 Å². The molecule has 1 aromatic heterocycles. The van der Waals surface area contributed by atoms with Crippen LogP contribution >= 0.6 is 0 Å². The van der Waals surface area contributed by atoms with Gasteiger partial charge in [-0.1, -0.05) is 35.5 Å². The van der Waals surface area contributed by atoms with Gasteiger partial charge in [0.05, 0.1) is 17.2 Å². The lowest BCUT2D eigenvalue weighted by atomic mass is 10.1. The van der Waals surface area contributed by atoms with Gasteiger partial charge in [0.25, 0.3) is 5.89 Å². The van der Waals surface area contributed by atoms with Crippen molar-refractivity contribution in [2.45, 2.75) is 13.3 Å². The highest BCUT2D eigenvalue weighted by atomic mass is 16.5. The number of hydrogen-bond acceptors (Lipinski definition) is 5. The van der Waals surface area contributed by atoms with Crippen molar-refractivity contribution in [2.75, 3.05) is 16.8 Å². The van der Waals surface area contributed by atoms with Crippen molar-refractivity contribution < 1.29 is 14.1 Å². The number of amides is 2. The van der Waals surface area contributed by atoms with Crippen LogP contribution in [0.4, 0.5) is 11.4 Å². The molecule has 1 N–H and O–H groups in total. The van der Waals surface area contributed by atoms with Crippen LogP contribution in [0.3, 0.4) is 0 Å². The first-order chi connectivity index (χ1) is 13.1. The van der Waals surface area contributed by atoms with Crippen molar-refractivity contribution in [2.24, 2.45) is 5.92 Å². The molecule has 1 aliphatic rings. The fraction of sp³-hybridized carbons (Fsp3) is 0.200. The van der Waals surface area contributed by atoms with Crippen LogP contribution in [0.15, 0.2) is 59.1 Å². The van der Waals surface area contributed by atoms with Crippen molar-refractivity contribution in [3.8, 4) is 11.5 Å². The first-order valence-electron chi connectivity index (χ1n) is 8.68. The minimum atomic E-state index is -0.421. The van der Waals surface area contributed by atoms with Gasteiger partial charge in [-0.15, -0.1) is 0 Å². The van der Waals surface area contributed by atoms with Gasteiger partial charge in [0.15, 0.2) is 5.82 Å². The molecule has 7 heteroatoms. The third-order valence-corrected chi connectivity index (χ3v) is 4.51. The monoisotopic (exact) mass is 362 g/mol. The van der Waals surface area contributed by atoms with Crippen molar-refractivity contribution >= 4 is 23.2 Å². The quantitative estimate of drug-likeness (QED) is 0.771. The molecule has 0 bridgehead atoms. The van der Waals surface area contributed by atoms with Gasteiger partial charge in [-0.3, -0.25) is 9.59 Å². The van der Waals surface area contributed by atoms with Crippen LogP contribution in [0, 0.1) is 12.8 Å². The van der Waals surface area contributed by atoms with E-state index in [1.54, 1.807) is 24.0 Å². The Morgan fingerprint density at radius 2 is 1.89 bits per heavy atom. The molecule has 2 heterocycles. The number of benzene rings is 2. The highest BCUT2D eigenvalue weighted by Gasteiger charge is 2.35. The van der Waals surface area contributed by atoms with Crippen LogP contribution < -0.4 is 10.2 Å². The molecular weight excluding hydrogens is 344 g/mol. The van der Waals surface area contributed by atoms with E-state index in [1.807, 2.05) is 42.5 Å². The maximum atomic E-state index is 12.8. The summed E-state index contributed by atoms with van der Waals surface area (Å²) >= 11 is 0. The van der Waals surface area contributed by atoms with Crippen LogP contribution in [0.2, 0.25) is 0 Å². The average Bonchev–Trinajstić information content (AvgIpc) is 3.29. The Labute approximate surface area is 156 Å². The summed E-state index contributed by atoms with van der Waals surface area (Å²) in [6, 6.07) is 16.6. The topological polar surface area (TPSA) is 88.3 Å². The fourth-order valence-electron chi connectivity index (χ4n) is 3.16. The largest absolute Gasteiger partial charge is 0.334 e. The second-order valence-corrected chi connectivity index (χ2v) is 6.42. The molecule has 27 heavy (non-hydrogen) atoms. The number of nitrogens with zero attached hydrogens (tertiary/aromatic N) is 3. The SMILES string of the molecule is Cc1noc(-c2ccccc2NC(=O)[C@H]2CC(=O)N(c3ccccc3)C2)n1. The summed E-state index contributed by atoms with van der Waals surface area (Å²) < 4.78 is 5.22. The van der Waals surface area contributed by atoms with Crippen LogP contribution in [-0.2, 0) is 9.59 Å². The molecule has 0 saturated carbocycles. The summed E-state index contributed by atoms with van der Waals surface area (Å²) in [7, 11) is 0. The second kappa shape index (κ2) is 7.03. The lowest BCUT2D eigenvalue weighted by molar-refractivity contribution is -0.122. The molecular formula is C20H18N4O3. The minimum absolute atomic E-state index is 0.0536. The van der Waals surface area contributed by atoms with Crippen molar-refractivity contribution in [1.82, 2.24) is 10.1 Å². The molecule has 4 rings (SSSR count). The van der Waals surface area contributed by atoms with Crippen LogP contribution in [-0.4, -0.2) is 28.5 Å². The Hall–Kier alpha value is -3.48. The minimum Gasteiger partial charge on any atom is -0.334 e. The molecule has 1 aliphatic heterocycles. The summed E-state index contributed by atoms with van der Waals surface area (Å²) in [6.45, 7) is 2.09. The van der Waals surface area contributed by atoms with E-state index in [9.17, 15) is 9.59 Å². The lowest BCUT2D eigenvalue weighted by Gasteiger charge is -2.16. The number of rotatable bonds is 4. The highest BCUT2D eigenvalue weighted by molar-refractivity contribution is 6.04. The van der Waals surface area contributed by atoms with Gasteiger partial charge in [0.1, 0.15) is 0 Å². The number of anilines is 2. The van der Waals surface area contributed by atoms with Gasteiger partial charge in [0, 0.05) is 18.7 Å². The molecule has 136 valence electrons. The van der Waals surface area contributed by atoms with Crippen LogP contribution in [0.25, 0.3) is 11.5 Å². The number of carbonyl (C=O) groups is 2. The number of nitrogens with one attached hydrogen (secondary N) is 1. The summed E-state index contributed by atoms with van der Waals surface area (Å²) in [5, 5.41) is 6.70. The zero-order chi connectivity index (χ0) is 18.8. The average molecular weight is 362 g/mol. The Bertz CT molecular complexity index is 984. The Morgan fingerprint density at radius 1 is 1.15 bits per heavy atom. The predicted molar refractivity (Wildman–Crippen MR) is 100 cm³/mol. The lowest BCUT2D eigenvalue weighted by Crippen LogP contribution is -2.28. The number of aryl methyl sites for hydroxylation is 1. The third kappa shape index (κ3) is 3.44. The first-order valence-corrected chi connectivity index (χ1v) is 8.68. The van der Waals surface area contributed by atoms with Gasteiger partial charge in [-0.25, -0.2) is 0 Å². The van der Waals surface area contributed by atoms with Crippen molar-refractivity contribution in [3.05, 3.63) is 60.4 Å². The second-order valence-electron chi connectivity index (χ2n) is 6.42. The third-order valence-electron chi connectivity index (χ3n) is 4.51.